The van der Waals surface area contributed by atoms with E-state index < -0.39 is 79.7 Å². The molecule has 1 aromatic heterocycles. The molecule has 17 heteroatoms. The average Bonchev–Trinajstić information content (AvgIpc) is 4.00. The molecular formula is C39H55N5O11S. The van der Waals surface area contributed by atoms with E-state index in [2.05, 4.69) is 20.3 Å². The first-order valence-corrected chi connectivity index (χ1v) is 20.3. The molecule has 0 bridgehead atoms. The molecule has 0 radical (unpaired) electrons. The summed E-state index contributed by atoms with van der Waals surface area (Å²) >= 11 is 0. The van der Waals surface area contributed by atoms with Crippen molar-refractivity contribution < 1.29 is 51.3 Å². The lowest BCUT2D eigenvalue weighted by atomic mass is 10.0. The van der Waals surface area contributed by atoms with Crippen molar-refractivity contribution in [1.82, 2.24) is 25.2 Å². The van der Waals surface area contributed by atoms with Crippen LogP contribution in [0, 0.1) is 11.8 Å². The Morgan fingerprint density at radius 3 is 2.41 bits per heavy atom. The zero-order valence-corrected chi connectivity index (χ0v) is 34.4. The third kappa shape index (κ3) is 9.31. The van der Waals surface area contributed by atoms with E-state index in [-0.39, 0.29) is 31.9 Å². The highest BCUT2D eigenvalue weighted by Crippen LogP contribution is 2.47. The first-order valence-electron chi connectivity index (χ1n) is 18.8. The molecule has 56 heavy (non-hydrogen) atoms. The predicted octanol–water partition coefficient (Wildman–Crippen LogP) is 3.62. The maximum Gasteiger partial charge on any atom is 0.408 e. The molecule has 3 N–H and O–H groups in total. The number of ether oxygens (including phenoxy) is 5. The van der Waals surface area contributed by atoms with E-state index in [0.717, 1.165) is 0 Å². The number of hydrogen-bond acceptors (Lipinski definition) is 12. The van der Waals surface area contributed by atoms with E-state index in [1.807, 2.05) is 0 Å². The van der Waals surface area contributed by atoms with Gasteiger partial charge in [-0.05, 0) is 78.0 Å². The van der Waals surface area contributed by atoms with E-state index in [1.165, 1.54) is 11.1 Å². The van der Waals surface area contributed by atoms with Crippen LogP contribution in [0.5, 0.6) is 17.4 Å². The van der Waals surface area contributed by atoms with Crippen LogP contribution in [0.3, 0.4) is 0 Å². The predicted molar refractivity (Wildman–Crippen MR) is 207 cm³/mol. The minimum absolute atomic E-state index is 0.0113. The van der Waals surface area contributed by atoms with Crippen molar-refractivity contribution in [2.75, 3.05) is 34.0 Å². The summed E-state index contributed by atoms with van der Waals surface area (Å²) in [7, 11) is -0.894. The molecule has 5 atom stereocenters. The summed E-state index contributed by atoms with van der Waals surface area (Å²) < 4.78 is 55.8. The standard InChI is InChI=1S/C39H55N5O11S/c1-10-11-24-20-39(24,35(47)43-56(49,50)38(7)14-15-38)42-32(45)29-19-26(22-44(29)34(46)31(23(2)3)41-36(48)55-37(4,5)6)54-33-27-13-12-25(52-9)18-28(27)30(21-40-33)53-17-16-51-8/h10-13,18,21,23-24,26,29,31H,14-17,19-20,22H2,1-9H3,(H,41,48)(H,42,45)(H,43,47). The van der Waals surface area contributed by atoms with Crippen molar-refractivity contribution in [2.45, 2.75) is 108 Å². The summed E-state index contributed by atoms with van der Waals surface area (Å²) in [5, 5.41) is 6.75. The zero-order chi connectivity index (χ0) is 41.2. The Morgan fingerprint density at radius 2 is 1.80 bits per heavy atom. The number of methoxy groups -OCH3 is 2. The number of rotatable bonds is 16. The third-order valence-corrected chi connectivity index (χ3v) is 12.5. The van der Waals surface area contributed by atoms with E-state index >= 15 is 0 Å². The zero-order valence-electron chi connectivity index (χ0n) is 33.6. The highest BCUT2D eigenvalue weighted by molar-refractivity contribution is 7.91. The fraction of sp³-hybridized carbons (Fsp3) is 0.615. The molecule has 16 nitrogen and oxygen atoms in total. The molecular weight excluding hydrogens is 747 g/mol. The number of fused-ring (bicyclic) bond motifs is 1. The van der Waals surface area contributed by atoms with Gasteiger partial charge in [-0.2, -0.15) is 0 Å². The molecule has 5 unspecified atom stereocenters. The molecule has 2 aliphatic carbocycles. The van der Waals surface area contributed by atoms with Gasteiger partial charge in [0.15, 0.2) is 0 Å². The minimum atomic E-state index is -4.01. The second-order valence-electron chi connectivity index (χ2n) is 16.2. The van der Waals surface area contributed by atoms with Crippen LogP contribution in [-0.2, 0) is 33.9 Å². The molecule has 2 saturated carbocycles. The number of carbonyl (C=O) groups is 4. The molecule has 0 spiro atoms. The van der Waals surface area contributed by atoms with E-state index in [4.69, 9.17) is 23.7 Å². The summed E-state index contributed by atoms with van der Waals surface area (Å²) in [5.41, 5.74) is -2.39. The van der Waals surface area contributed by atoms with Gasteiger partial charge in [-0.3, -0.25) is 19.1 Å². The third-order valence-electron chi connectivity index (χ3n) is 10.3. The normalized spacial score (nSPS) is 23.4. The second-order valence-corrected chi connectivity index (χ2v) is 18.4. The quantitative estimate of drug-likeness (QED) is 0.165. The van der Waals surface area contributed by atoms with Crippen LogP contribution in [-0.4, -0.2) is 110 Å². The highest BCUT2D eigenvalue weighted by Gasteiger charge is 2.63. The summed E-state index contributed by atoms with van der Waals surface area (Å²) in [6.45, 7) is 12.5. The number of aromatic nitrogens is 1. The minimum Gasteiger partial charge on any atom is -0.497 e. The van der Waals surface area contributed by atoms with Crippen LogP contribution in [0.15, 0.2) is 36.5 Å². The van der Waals surface area contributed by atoms with Gasteiger partial charge >= 0.3 is 6.09 Å². The topological polar surface area (TPSA) is 201 Å². The summed E-state index contributed by atoms with van der Waals surface area (Å²) in [6, 6.07) is 3.04. The van der Waals surface area contributed by atoms with Gasteiger partial charge in [0.2, 0.25) is 27.7 Å². The van der Waals surface area contributed by atoms with Crippen LogP contribution in [0.1, 0.15) is 74.1 Å². The number of likely N-dealkylation sites (tertiary alicyclic amines) is 1. The first kappa shape index (κ1) is 42.5. The number of alkyl carbamates (subject to hydrolysis) is 1. The van der Waals surface area contributed by atoms with Gasteiger partial charge in [0.05, 0.1) is 31.2 Å². The van der Waals surface area contributed by atoms with Gasteiger partial charge < -0.3 is 39.2 Å². The summed E-state index contributed by atoms with van der Waals surface area (Å²) in [5.74, 6) is -1.71. The van der Waals surface area contributed by atoms with E-state index in [0.29, 0.717) is 41.7 Å². The molecule has 1 saturated heterocycles. The Bertz CT molecular complexity index is 1960. The van der Waals surface area contributed by atoms with Crippen molar-refractivity contribution in [3.63, 3.8) is 0 Å². The molecule has 1 aliphatic heterocycles. The average molecular weight is 802 g/mol. The number of pyridine rings is 1. The molecule has 2 heterocycles. The lowest BCUT2D eigenvalue weighted by molar-refractivity contribution is -0.141. The number of carbonyl (C=O) groups excluding carboxylic acids is 4. The van der Waals surface area contributed by atoms with Crippen molar-refractivity contribution >= 4 is 44.6 Å². The largest absolute Gasteiger partial charge is 0.497 e. The van der Waals surface area contributed by atoms with Gasteiger partial charge in [-0.15, -0.1) is 0 Å². The van der Waals surface area contributed by atoms with Gasteiger partial charge in [-0.1, -0.05) is 26.0 Å². The van der Waals surface area contributed by atoms with Gasteiger partial charge in [0.25, 0.3) is 5.91 Å². The molecule has 3 aliphatic rings. The van der Waals surface area contributed by atoms with Crippen LogP contribution in [0.25, 0.3) is 10.8 Å². The molecule has 308 valence electrons. The number of nitrogens with one attached hydrogen (secondary N) is 3. The molecule has 1 aromatic carbocycles. The Morgan fingerprint density at radius 1 is 1.09 bits per heavy atom. The Hall–Kier alpha value is -4.64. The van der Waals surface area contributed by atoms with Crippen LogP contribution < -0.4 is 29.6 Å². The Kier molecular flexibility index (Phi) is 12.5. The van der Waals surface area contributed by atoms with Gasteiger partial charge in [-0.25, -0.2) is 18.2 Å². The fourth-order valence-corrected chi connectivity index (χ4v) is 8.01. The summed E-state index contributed by atoms with van der Waals surface area (Å²) in [4.78, 5) is 61.4. The fourth-order valence-electron chi connectivity index (χ4n) is 6.70. The first-order chi connectivity index (χ1) is 26.3. The number of nitrogens with zero attached hydrogens (tertiary/aromatic N) is 2. The Labute approximate surface area is 328 Å². The van der Waals surface area contributed by atoms with Crippen molar-refractivity contribution in [3.8, 4) is 17.4 Å². The Balaban J connectivity index is 1.46. The number of allylic oxidation sites excluding steroid dienone is 1. The molecule has 5 rings (SSSR count). The van der Waals surface area contributed by atoms with Crippen LogP contribution in [0.4, 0.5) is 4.79 Å². The second kappa shape index (κ2) is 16.5. The van der Waals surface area contributed by atoms with Crippen molar-refractivity contribution in [2.24, 2.45) is 11.8 Å². The van der Waals surface area contributed by atoms with Crippen molar-refractivity contribution in [3.05, 3.63) is 36.5 Å². The molecule has 4 amide bonds. The number of hydrogen-bond donors (Lipinski definition) is 3. The molecule has 3 fully saturated rings. The monoisotopic (exact) mass is 801 g/mol. The number of sulfonamides is 1. The molecule has 2 aromatic rings. The van der Waals surface area contributed by atoms with Gasteiger partial charge in [0.1, 0.15) is 47.4 Å². The lowest BCUT2D eigenvalue weighted by Gasteiger charge is -2.31. The number of amides is 4. The highest BCUT2D eigenvalue weighted by atomic mass is 32.2. The van der Waals surface area contributed by atoms with Crippen LogP contribution in [0.2, 0.25) is 0 Å². The smallest absolute Gasteiger partial charge is 0.408 e. The van der Waals surface area contributed by atoms with Gasteiger partial charge in [0, 0.05) is 30.2 Å². The SMILES string of the molecule is CC=CC1CC1(NC(=O)C1CC(Oc2ncc(OCCOC)c3cc(OC)ccc23)CN1C(=O)C(NC(=O)OC(C)(C)C)C(C)C)C(=O)NS(=O)(=O)C1(C)CC1. The maximum absolute atomic E-state index is 14.4. The number of benzene rings is 1. The van der Waals surface area contributed by atoms with E-state index in [9.17, 15) is 27.6 Å². The maximum atomic E-state index is 14.4. The van der Waals surface area contributed by atoms with E-state index in [1.54, 1.807) is 93.0 Å². The summed E-state index contributed by atoms with van der Waals surface area (Å²) in [6.07, 6.45) is 4.40. The van der Waals surface area contributed by atoms with Crippen LogP contribution >= 0.6 is 0 Å². The van der Waals surface area contributed by atoms with Crippen molar-refractivity contribution in [1.29, 1.82) is 0 Å². The lowest BCUT2D eigenvalue weighted by Crippen LogP contribution is -2.59.